The topological polar surface area (TPSA) is 77.5 Å². The van der Waals surface area contributed by atoms with Gasteiger partial charge in [-0.15, -0.1) is 0 Å². The minimum absolute atomic E-state index is 0.0350. The van der Waals surface area contributed by atoms with Crippen molar-refractivity contribution in [2.24, 2.45) is 0 Å². The van der Waals surface area contributed by atoms with Crippen molar-refractivity contribution in [1.82, 2.24) is 4.90 Å². The minimum Gasteiger partial charge on any atom is -0.507 e. The van der Waals surface area contributed by atoms with Gasteiger partial charge in [-0.1, -0.05) is 0 Å². The van der Waals surface area contributed by atoms with Gasteiger partial charge in [-0.2, -0.15) is 0 Å². The van der Waals surface area contributed by atoms with Gasteiger partial charge >= 0.3 is 5.97 Å². The van der Waals surface area contributed by atoms with Crippen molar-refractivity contribution in [2.75, 3.05) is 47.1 Å². The van der Waals surface area contributed by atoms with Gasteiger partial charge in [0.15, 0.2) is 11.5 Å². The van der Waals surface area contributed by atoms with E-state index < -0.39 is 12.0 Å². The molecule has 1 aliphatic heterocycles. The molecule has 1 saturated heterocycles. The molecule has 0 amide bonds. The van der Waals surface area contributed by atoms with Crippen LogP contribution in [0.25, 0.3) is 0 Å². The molecule has 1 N–H and O–H groups in total. The zero-order valence-corrected chi connectivity index (χ0v) is 13.7. The first-order chi connectivity index (χ1) is 11.1. The summed E-state index contributed by atoms with van der Waals surface area (Å²) in [5, 5.41) is 10.4. The van der Waals surface area contributed by atoms with E-state index in [2.05, 4.69) is 0 Å². The Bertz CT molecular complexity index is 542. The summed E-state index contributed by atoms with van der Waals surface area (Å²) >= 11 is 0. The molecule has 7 nitrogen and oxygen atoms in total. The molecular weight excluding hydrogens is 302 g/mol. The van der Waals surface area contributed by atoms with Crippen LogP contribution in [0.1, 0.15) is 18.5 Å². The minimum atomic E-state index is -0.710. The predicted molar refractivity (Wildman–Crippen MR) is 83.0 cm³/mol. The molecule has 0 radical (unpaired) electrons. The van der Waals surface area contributed by atoms with E-state index in [0.717, 1.165) is 0 Å². The second kappa shape index (κ2) is 8.03. The highest BCUT2D eigenvalue weighted by atomic mass is 16.5. The molecule has 1 heterocycles. The largest absolute Gasteiger partial charge is 0.507 e. The number of carbonyl (C=O) groups is 1. The van der Waals surface area contributed by atoms with Crippen LogP contribution in [-0.4, -0.2) is 63.1 Å². The number of aromatic hydroxyl groups is 1. The van der Waals surface area contributed by atoms with Crippen molar-refractivity contribution in [3.05, 3.63) is 17.7 Å². The Labute approximate surface area is 135 Å². The Morgan fingerprint density at radius 3 is 2.43 bits per heavy atom. The average molecular weight is 325 g/mol. The zero-order valence-electron chi connectivity index (χ0n) is 13.7. The summed E-state index contributed by atoms with van der Waals surface area (Å²) in [7, 11) is 2.99. The van der Waals surface area contributed by atoms with Crippen LogP contribution in [0, 0.1) is 0 Å². The Morgan fingerprint density at radius 2 is 1.87 bits per heavy atom. The third kappa shape index (κ3) is 3.86. The van der Waals surface area contributed by atoms with Gasteiger partial charge < -0.3 is 24.1 Å². The number of nitrogens with zero attached hydrogens (tertiary/aromatic N) is 1. The summed E-state index contributed by atoms with van der Waals surface area (Å²) in [6.45, 7) is 4.25. The smallest absolute Gasteiger partial charge is 0.328 e. The van der Waals surface area contributed by atoms with Crippen molar-refractivity contribution in [3.63, 3.8) is 0 Å². The fourth-order valence-electron chi connectivity index (χ4n) is 2.63. The molecule has 1 unspecified atom stereocenters. The molecule has 1 fully saturated rings. The molecule has 0 saturated carbocycles. The molecule has 0 aromatic heterocycles. The van der Waals surface area contributed by atoms with E-state index in [0.29, 0.717) is 43.4 Å². The molecule has 23 heavy (non-hydrogen) atoms. The highest BCUT2D eigenvalue weighted by molar-refractivity contribution is 5.79. The monoisotopic (exact) mass is 325 g/mol. The van der Waals surface area contributed by atoms with Crippen LogP contribution in [0.15, 0.2) is 12.1 Å². The normalized spacial score (nSPS) is 16.7. The number of phenols is 1. The third-order valence-electron chi connectivity index (χ3n) is 3.75. The lowest BCUT2D eigenvalue weighted by Crippen LogP contribution is -2.42. The Kier molecular flexibility index (Phi) is 6.06. The van der Waals surface area contributed by atoms with Gasteiger partial charge in [0.25, 0.3) is 0 Å². The summed E-state index contributed by atoms with van der Waals surface area (Å²) in [6, 6.07) is 2.35. The molecule has 1 aromatic carbocycles. The van der Waals surface area contributed by atoms with Crippen LogP contribution in [0.5, 0.6) is 17.2 Å². The second-order valence-corrected chi connectivity index (χ2v) is 5.07. The van der Waals surface area contributed by atoms with Gasteiger partial charge in [0.1, 0.15) is 11.8 Å². The lowest BCUT2D eigenvalue weighted by atomic mass is 10.0. The summed E-state index contributed by atoms with van der Waals surface area (Å²) in [5.41, 5.74) is 0.433. The highest BCUT2D eigenvalue weighted by Gasteiger charge is 2.33. The molecule has 7 heteroatoms. The Balaban J connectivity index is 2.43. The van der Waals surface area contributed by atoms with Crippen LogP contribution in [0.4, 0.5) is 0 Å². The maximum atomic E-state index is 12.5. The Hall–Kier alpha value is -1.99. The average Bonchev–Trinajstić information content (AvgIpc) is 2.57. The van der Waals surface area contributed by atoms with E-state index in [1.165, 1.54) is 20.3 Å². The fourth-order valence-corrected chi connectivity index (χ4v) is 2.63. The van der Waals surface area contributed by atoms with Gasteiger partial charge in [-0.25, -0.2) is 4.79 Å². The number of rotatable bonds is 6. The van der Waals surface area contributed by atoms with E-state index >= 15 is 0 Å². The molecule has 1 aliphatic rings. The van der Waals surface area contributed by atoms with Crippen molar-refractivity contribution in [2.45, 2.75) is 13.0 Å². The van der Waals surface area contributed by atoms with Crippen molar-refractivity contribution >= 4 is 5.97 Å². The van der Waals surface area contributed by atoms with Crippen LogP contribution >= 0.6 is 0 Å². The SMILES string of the molecule is CCOC(=O)C(c1cc(OC)c(OC)cc1O)N1CCOCC1. The molecule has 0 spiro atoms. The van der Waals surface area contributed by atoms with E-state index in [-0.39, 0.29) is 12.4 Å². The third-order valence-corrected chi connectivity index (χ3v) is 3.75. The van der Waals surface area contributed by atoms with Gasteiger partial charge in [0.2, 0.25) is 0 Å². The predicted octanol–water partition coefficient (Wildman–Crippen LogP) is 1.35. The van der Waals surface area contributed by atoms with E-state index in [1.807, 2.05) is 4.90 Å². The van der Waals surface area contributed by atoms with Crippen molar-refractivity contribution in [1.29, 1.82) is 0 Å². The molecule has 0 aliphatic carbocycles. The first-order valence-corrected chi connectivity index (χ1v) is 7.55. The molecule has 2 rings (SSSR count). The number of hydrogen-bond acceptors (Lipinski definition) is 7. The molecule has 1 aromatic rings. The number of hydrogen-bond donors (Lipinski definition) is 1. The zero-order chi connectivity index (χ0) is 16.8. The lowest BCUT2D eigenvalue weighted by molar-refractivity contribution is -0.151. The van der Waals surface area contributed by atoms with Gasteiger partial charge in [-0.05, 0) is 13.0 Å². The lowest BCUT2D eigenvalue weighted by Gasteiger charge is -2.33. The fraction of sp³-hybridized carbons (Fsp3) is 0.562. The molecule has 1 atom stereocenters. The maximum absolute atomic E-state index is 12.5. The number of methoxy groups -OCH3 is 2. The summed E-state index contributed by atoms with van der Waals surface area (Å²) in [4.78, 5) is 14.4. The summed E-state index contributed by atoms with van der Waals surface area (Å²) in [6.07, 6.45) is 0. The molecular formula is C16H23NO6. The van der Waals surface area contributed by atoms with E-state index in [4.69, 9.17) is 18.9 Å². The summed E-state index contributed by atoms with van der Waals surface area (Å²) < 4.78 is 21.0. The van der Waals surface area contributed by atoms with Crippen LogP contribution in [0.2, 0.25) is 0 Å². The van der Waals surface area contributed by atoms with E-state index in [1.54, 1.807) is 13.0 Å². The van der Waals surface area contributed by atoms with Crippen molar-refractivity contribution < 1.29 is 28.8 Å². The Morgan fingerprint density at radius 1 is 1.26 bits per heavy atom. The summed E-state index contributed by atoms with van der Waals surface area (Å²) in [5.74, 6) is 0.408. The van der Waals surface area contributed by atoms with Crippen LogP contribution in [-0.2, 0) is 14.3 Å². The number of phenolic OH excluding ortho intramolecular Hbond substituents is 1. The quantitative estimate of drug-likeness (QED) is 0.791. The number of carbonyl (C=O) groups excluding carboxylic acids is 1. The number of benzene rings is 1. The molecule has 128 valence electrons. The molecule has 0 bridgehead atoms. The first-order valence-electron chi connectivity index (χ1n) is 7.55. The van der Waals surface area contributed by atoms with Gasteiger partial charge in [0, 0.05) is 24.7 Å². The van der Waals surface area contributed by atoms with Gasteiger partial charge in [0.05, 0.1) is 34.0 Å². The first kappa shape index (κ1) is 17.4. The number of ether oxygens (including phenoxy) is 4. The van der Waals surface area contributed by atoms with E-state index in [9.17, 15) is 9.90 Å². The number of morpholine rings is 1. The van der Waals surface area contributed by atoms with Crippen molar-refractivity contribution in [3.8, 4) is 17.2 Å². The number of esters is 1. The van der Waals surface area contributed by atoms with Crippen LogP contribution in [0.3, 0.4) is 0 Å². The maximum Gasteiger partial charge on any atom is 0.328 e. The standard InChI is InChI=1S/C16H23NO6/c1-4-23-16(19)15(17-5-7-22-8-6-17)11-9-13(20-2)14(21-3)10-12(11)18/h9-10,15,18H,4-8H2,1-3H3. The van der Waals surface area contributed by atoms with Gasteiger partial charge in [-0.3, -0.25) is 4.90 Å². The second-order valence-electron chi connectivity index (χ2n) is 5.07. The van der Waals surface area contributed by atoms with Crippen LogP contribution < -0.4 is 9.47 Å². The highest BCUT2D eigenvalue weighted by Crippen LogP contribution is 2.39.